The van der Waals surface area contributed by atoms with Crippen LogP contribution in [0.5, 0.6) is 0 Å². The highest BCUT2D eigenvalue weighted by molar-refractivity contribution is 5.17. The fourth-order valence-corrected chi connectivity index (χ4v) is 2.58. The zero-order valence-corrected chi connectivity index (χ0v) is 12.7. The normalized spacial score (nSPS) is 18.1. The van der Waals surface area contributed by atoms with E-state index in [1.54, 1.807) is 12.5 Å². The van der Waals surface area contributed by atoms with Gasteiger partial charge in [0.1, 0.15) is 0 Å². The average Bonchev–Trinajstić information content (AvgIpc) is 3.18. The van der Waals surface area contributed by atoms with Crippen molar-refractivity contribution in [3.05, 3.63) is 73.3 Å². The molecule has 0 saturated heterocycles. The monoisotopic (exact) mass is 282 g/mol. The van der Waals surface area contributed by atoms with Gasteiger partial charge in [-0.05, 0) is 62.5 Å². The SMILES string of the molecule is C1=CC(CCCC=COC=CCCCC2C=CC=C2)C=C1. The molecule has 0 amide bonds. The van der Waals surface area contributed by atoms with Crippen LogP contribution in [-0.2, 0) is 4.74 Å². The maximum Gasteiger partial charge on any atom is 0.0861 e. The molecule has 1 heteroatoms. The van der Waals surface area contributed by atoms with Crippen LogP contribution in [0.1, 0.15) is 38.5 Å². The van der Waals surface area contributed by atoms with Gasteiger partial charge in [-0.3, -0.25) is 0 Å². The molecule has 0 saturated carbocycles. The molecule has 2 aliphatic rings. The number of rotatable bonds is 10. The van der Waals surface area contributed by atoms with E-state index < -0.39 is 0 Å². The van der Waals surface area contributed by atoms with Crippen LogP contribution in [0.2, 0.25) is 0 Å². The minimum atomic E-state index is 0.656. The lowest BCUT2D eigenvalue weighted by Crippen LogP contribution is -1.88. The summed E-state index contributed by atoms with van der Waals surface area (Å²) < 4.78 is 5.36. The standard InChI is InChI=1S/C20H26O/c1(3-11-19-13-5-6-14-19)9-17-21-18-10-2-4-12-20-15-7-8-16-20/h5-10,13-20H,1-4,11-12H2. The molecule has 0 radical (unpaired) electrons. The summed E-state index contributed by atoms with van der Waals surface area (Å²) in [4.78, 5) is 0. The van der Waals surface area contributed by atoms with E-state index in [1.807, 2.05) is 0 Å². The molecule has 0 aromatic carbocycles. The maximum absolute atomic E-state index is 5.36. The highest BCUT2D eigenvalue weighted by Crippen LogP contribution is 2.17. The first kappa shape index (κ1) is 15.6. The molecule has 0 atom stereocenters. The van der Waals surface area contributed by atoms with Crippen LogP contribution in [0.4, 0.5) is 0 Å². The van der Waals surface area contributed by atoms with Crippen molar-refractivity contribution in [2.75, 3.05) is 0 Å². The first-order valence-corrected chi connectivity index (χ1v) is 8.10. The van der Waals surface area contributed by atoms with Gasteiger partial charge in [0.25, 0.3) is 0 Å². The number of unbranched alkanes of at least 4 members (excludes halogenated alkanes) is 2. The van der Waals surface area contributed by atoms with Gasteiger partial charge >= 0.3 is 0 Å². The largest absolute Gasteiger partial charge is 0.473 e. The molecule has 112 valence electrons. The lowest BCUT2D eigenvalue weighted by Gasteiger charge is -2.02. The summed E-state index contributed by atoms with van der Waals surface area (Å²) in [5, 5.41) is 0. The van der Waals surface area contributed by atoms with Gasteiger partial charge in [-0.15, -0.1) is 0 Å². The quantitative estimate of drug-likeness (QED) is 0.360. The maximum atomic E-state index is 5.36. The Morgan fingerprint density at radius 2 is 1.10 bits per heavy atom. The van der Waals surface area contributed by atoms with Crippen LogP contribution < -0.4 is 0 Å². The summed E-state index contributed by atoms with van der Waals surface area (Å²) in [5.41, 5.74) is 0. The van der Waals surface area contributed by atoms with Gasteiger partial charge in [0.2, 0.25) is 0 Å². The van der Waals surface area contributed by atoms with Crippen LogP contribution in [0, 0.1) is 11.8 Å². The zero-order chi connectivity index (χ0) is 14.6. The van der Waals surface area contributed by atoms with E-state index in [0.29, 0.717) is 11.8 Å². The van der Waals surface area contributed by atoms with E-state index in [1.165, 1.54) is 25.7 Å². The van der Waals surface area contributed by atoms with Crippen LogP contribution in [0.25, 0.3) is 0 Å². The van der Waals surface area contributed by atoms with Crippen molar-refractivity contribution in [3.8, 4) is 0 Å². The molecule has 2 aliphatic carbocycles. The highest BCUT2D eigenvalue weighted by atomic mass is 16.5. The Hall–Kier alpha value is -1.76. The molecule has 0 spiro atoms. The van der Waals surface area contributed by atoms with Gasteiger partial charge in [0, 0.05) is 0 Å². The molecule has 2 rings (SSSR count). The van der Waals surface area contributed by atoms with Gasteiger partial charge in [-0.25, -0.2) is 0 Å². The smallest absolute Gasteiger partial charge is 0.0861 e. The minimum Gasteiger partial charge on any atom is -0.473 e. The Balaban J connectivity index is 1.39. The Labute approximate surface area is 129 Å². The lowest BCUT2D eigenvalue weighted by molar-refractivity contribution is 0.397. The van der Waals surface area contributed by atoms with E-state index >= 15 is 0 Å². The second kappa shape index (κ2) is 10.0. The van der Waals surface area contributed by atoms with Crippen LogP contribution in [0.15, 0.2) is 73.3 Å². The summed E-state index contributed by atoms with van der Waals surface area (Å²) in [7, 11) is 0. The second-order valence-corrected chi connectivity index (χ2v) is 5.61. The van der Waals surface area contributed by atoms with Crippen LogP contribution >= 0.6 is 0 Å². The fraction of sp³-hybridized carbons (Fsp3) is 0.400. The third-order valence-corrected chi connectivity index (χ3v) is 3.82. The Bertz CT molecular complexity index is 382. The molecule has 0 unspecified atom stereocenters. The fourth-order valence-electron chi connectivity index (χ4n) is 2.58. The van der Waals surface area contributed by atoms with Crippen molar-refractivity contribution in [2.45, 2.75) is 38.5 Å². The zero-order valence-electron chi connectivity index (χ0n) is 12.7. The first-order chi connectivity index (χ1) is 10.4. The molecule has 0 aromatic rings. The number of allylic oxidation sites excluding steroid dienone is 10. The summed E-state index contributed by atoms with van der Waals surface area (Å²) in [5.74, 6) is 1.31. The topological polar surface area (TPSA) is 9.23 Å². The van der Waals surface area contributed by atoms with Crippen LogP contribution in [0.3, 0.4) is 0 Å². The highest BCUT2D eigenvalue weighted by Gasteiger charge is 2.02. The molecule has 0 aromatic heterocycles. The predicted molar refractivity (Wildman–Crippen MR) is 90.6 cm³/mol. The number of ether oxygens (including phenoxy) is 1. The van der Waals surface area contributed by atoms with Crippen molar-refractivity contribution in [1.82, 2.24) is 0 Å². The van der Waals surface area contributed by atoms with Gasteiger partial charge in [0.15, 0.2) is 0 Å². The second-order valence-electron chi connectivity index (χ2n) is 5.61. The number of hydrogen-bond acceptors (Lipinski definition) is 1. The van der Waals surface area contributed by atoms with Gasteiger partial charge in [-0.2, -0.15) is 0 Å². The average molecular weight is 282 g/mol. The number of hydrogen-bond donors (Lipinski definition) is 0. The third-order valence-electron chi connectivity index (χ3n) is 3.82. The molecule has 0 bridgehead atoms. The molecule has 21 heavy (non-hydrogen) atoms. The van der Waals surface area contributed by atoms with E-state index in [4.69, 9.17) is 4.74 Å². The lowest BCUT2D eigenvalue weighted by atomic mass is 10.0. The summed E-state index contributed by atoms with van der Waals surface area (Å²) >= 11 is 0. The van der Waals surface area contributed by atoms with E-state index in [-0.39, 0.29) is 0 Å². The van der Waals surface area contributed by atoms with Crippen molar-refractivity contribution in [3.63, 3.8) is 0 Å². The third kappa shape index (κ3) is 6.99. The Morgan fingerprint density at radius 3 is 1.52 bits per heavy atom. The molecular weight excluding hydrogens is 256 g/mol. The summed E-state index contributed by atoms with van der Waals surface area (Å²) in [6.45, 7) is 0. The van der Waals surface area contributed by atoms with Gasteiger partial charge < -0.3 is 4.74 Å². The molecule has 0 fully saturated rings. The van der Waals surface area contributed by atoms with E-state index in [0.717, 1.165) is 12.8 Å². The van der Waals surface area contributed by atoms with Crippen molar-refractivity contribution < 1.29 is 4.74 Å². The minimum absolute atomic E-state index is 0.656. The van der Waals surface area contributed by atoms with Crippen molar-refractivity contribution in [1.29, 1.82) is 0 Å². The molecular formula is C20H26O. The van der Waals surface area contributed by atoms with Crippen molar-refractivity contribution in [2.24, 2.45) is 11.8 Å². The molecule has 0 aliphatic heterocycles. The van der Waals surface area contributed by atoms with Gasteiger partial charge in [0.05, 0.1) is 12.5 Å². The summed E-state index contributed by atoms with van der Waals surface area (Å²) in [6.07, 6.45) is 32.5. The first-order valence-electron chi connectivity index (χ1n) is 8.10. The molecule has 0 N–H and O–H groups in total. The Kier molecular flexibility index (Phi) is 7.47. The predicted octanol–water partition coefficient (Wildman–Crippen LogP) is 5.86. The van der Waals surface area contributed by atoms with Crippen LogP contribution in [-0.4, -0.2) is 0 Å². The summed E-state index contributed by atoms with van der Waals surface area (Å²) in [6, 6.07) is 0. The van der Waals surface area contributed by atoms with E-state index in [9.17, 15) is 0 Å². The Morgan fingerprint density at radius 1 is 0.667 bits per heavy atom. The van der Waals surface area contributed by atoms with Crippen molar-refractivity contribution >= 4 is 0 Å². The van der Waals surface area contributed by atoms with Gasteiger partial charge in [-0.1, -0.05) is 48.6 Å². The molecule has 1 nitrogen and oxygen atoms in total. The van der Waals surface area contributed by atoms with E-state index in [2.05, 4.69) is 60.8 Å². The molecule has 0 heterocycles.